The van der Waals surface area contributed by atoms with E-state index in [9.17, 15) is 9.18 Å². The highest BCUT2D eigenvalue weighted by atomic mass is 19.1. The Morgan fingerprint density at radius 3 is 2.52 bits per heavy atom. The van der Waals surface area contributed by atoms with Crippen LogP contribution in [-0.2, 0) is 4.79 Å². The number of nitrogens with one attached hydrogen (secondary N) is 1. The number of amides is 1. The maximum absolute atomic E-state index is 12.9. The van der Waals surface area contributed by atoms with Gasteiger partial charge in [0.25, 0.3) is 5.79 Å². The Hall–Kier alpha value is -2.82. The van der Waals surface area contributed by atoms with Gasteiger partial charge in [-0.15, -0.1) is 0 Å². The molecule has 1 saturated carbocycles. The molecule has 25 heavy (non-hydrogen) atoms. The minimum absolute atomic E-state index is 0.265. The van der Waals surface area contributed by atoms with E-state index in [-0.39, 0.29) is 11.7 Å². The van der Waals surface area contributed by atoms with E-state index in [1.54, 1.807) is 30.3 Å². The van der Waals surface area contributed by atoms with Crippen molar-refractivity contribution in [1.82, 2.24) is 0 Å². The molecular formula is C20H18FNO3. The van der Waals surface area contributed by atoms with Crippen LogP contribution in [0.25, 0.3) is 6.08 Å². The first-order valence-corrected chi connectivity index (χ1v) is 8.39. The van der Waals surface area contributed by atoms with Crippen LogP contribution >= 0.6 is 0 Å². The van der Waals surface area contributed by atoms with Gasteiger partial charge in [0.05, 0.1) is 0 Å². The normalized spacial score (nSPS) is 17.3. The number of anilines is 1. The Kier molecular flexibility index (Phi) is 3.92. The fourth-order valence-electron chi connectivity index (χ4n) is 3.22. The number of fused-ring (bicyclic) bond motifs is 1. The summed E-state index contributed by atoms with van der Waals surface area (Å²) in [5, 5.41) is 2.80. The van der Waals surface area contributed by atoms with Crippen molar-refractivity contribution in [2.75, 3.05) is 5.32 Å². The minimum atomic E-state index is -0.506. The number of carbonyl (C=O) groups excluding carboxylic acids is 1. The van der Waals surface area contributed by atoms with Crippen LogP contribution < -0.4 is 14.8 Å². The molecule has 1 aliphatic heterocycles. The van der Waals surface area contributed by atoms with E-state index in [2.05, 4.69) is 5.32 Å². The highest BCUT2D eigenvalue weighted by Gasteiger charge is 2.44. The number of hydrogen-bond acceptors (Lipinski definition) is 3. The number of benzene rings is 2. The van der Waals surface area contributed by atoms with Gasteiger partial charge in [-0.3, -0.25) is 4.79 Å². The highest BCUT2D eigenvalue weighted by Crippen LogP contribution is 2.47. The van der Waals surface area contributed by atoms with Crippen LogP contribution in [0.1, 0.15) is 31.2 Å². The summed E-state index contributed by atoms with van der Waals surface area (Å²) in [5.41, 5.74) is 1.40. The summed E-state index contributed by atoms with van der Waals surface area (Å²) in [6, 6.07) is 11.3. The summed E-state index contributed by atoms with van der Waals surface area (Å²) >= 11 is 0. The van der Waals surface area contributed by atoms with E-state index >= 15 is 0 Å². The number of halogens is 1. The molecule has 1 aliphatic carbocycles. The summed E-state index contributed by atoms with van der Waals surface area (Å²) in [5.74, 6) is 0.317. The summed E-state index contributed by atoms with van der Waals surface area (Å²) in [7, 11) is 0. The zero-order valence-electron chi connectivity index (χ0n) is 13.6. The van der Waals surface area contributed by atoms with Crippen LogP contribution in [0.5, 0.6) is 11.5 Å². The van der Waals surface area contributed by atoms with Crippen molar-refractivity contribution >= 4 is 17.7 Å². The van der Waals surface area contributed by atoms with Crippen LogP contribution in [0.3, 0.4) is 0 Å². The zero-order valence-corrected chi connectivity index (χ0v) is 13.6. The van der Waals surface area contributed by atoms with Crippen molar-refractivity contribution in [3.05, 3.63) is 59.9 Å². The molecule has 128 valence electrons. The van der Waals surface area contributed by atoms with Crippen molar-refractivity contribution in [1.29, 1.82) is 0 Å². The van der Waals surface area contributed by atoms with Gasteiger partial charge >= 0.3 is 0 Å². The Bertz CT molecular complexity index is 823. The number of carbonyl (C=O) groups is 1. The minimum Gasteiger partial charge on any atom is -0.448 e. The first kappa shape index (κ1) is 15.7. The van der Waals surface area contributed by atoms with Gasteiger partial charge in [0, 0.05) is 30.7 Å². The van der Waals surface area contributed by atoms with Gasteiger partial charge in [-0.2, -0.15) is 0 Å². The third-order valence-electron chi connectivity index (χ3n) is 4.47. The van der Waals surface area contributed by atoms with Gasteiger partial charge in [-0.25, -0.2) is 4.39 Å². The lowest BCUT2D eigenvalue weighted by atomic mass is 10.2. The van der Waals surface area contributed by atoms with Crippen LogP contribution in [-0.4, -0.2) is 11.7 Å². The number of hydrogen-bond donors (Lipinski definition) is 1. The van der Waals surface area contributed by atoms with Crippen molar-refractivity contribution < 1.29 is 18.7 Å². The molecule has 1 heterocycles. The smallest absolute Gasteiger partial charge is 0.251 e. The predicted molar refractivity (Wildman–Crippen MR) is 93.0 cm³/mol. The van der Waals surface area contributed by atoms with Crippen molar-refractivity contribution in [2.24, 2.45) is 0 Å². The second kappa shape index (κ2) is 6.24. The topological polar surface area (TPSA) is 47.6 Å². The lowest BCUT2D eigenvalue weighted by Gasteiger charge is -2.21. The molecule has 1 amide bonds. The molecule has 1 N–H and O–H groups in total. The van der Waals surface area contributed by atoms with Crippen LogP contribution in [0.15, 0.2) is 48.5 Å². The summed E-state index contributed by atoms with van der Waals surface area (Å²) in [6.07, 6.45) is 7.04. The summed E-state index contributed by atoms with van der Waals surface area (Å²) in [6.45, 7) is 0. The van der Waals surface area contributed by atoms with Crippen LogP contribution in [0.2, 0.25) is 0 Å². The number of rotatable bonds is 3. The van der Waals surface area contributed by atoms with Crippen molar-refractivity contribution in [3.8, 4) is 11.5 Å². The van der Waals surface area contributed by atoms with Gasteiger partial charge in [-0.1, -0.05) is 12.1 Å². The molecule has 0 bridgehead atoms. The van der Waals surface area contributed by atoms with E-state index < -0.39 is 5.79 Å². The first-order valence-electron chi connectivity index (χ1n) is 8.39. The average Bonchev–Trinajstić information content (AvgIpc) is 3.20. The van der Waals surface area contributed by atoms with Crippen molar-refractivity contribution in [2.45, 2.75) is 31.5 Å². The molecule has 4 nitrogen and oxygen atoms in total. The van der Waals surface area contributed by atoms with E-state index in [1.807, 2.05) is 6.07 Å². The Morgan fingerprint density at radius 2 is 1.76 bits per heavy atom. The average molecular weight is 339 g/mol. The van der Waals surface area contributed by atoms with Crippen LogP contribution in [0, 0.1) is 5.82 Å². The predicted octanol–water partition coefficient (Wildman–Crippen LogP) is 4.52. The van der Waals surface area contributed by atoms with Gasteiger partial charge in [-0.05, 0) is 48.7 Å². The second-order valence-electron chi connectivity index (χ2n) is 6.36. The van der Waals surface area contributed by atoms with E-state index in [1.165, 1.54) is 18.2 Å². The zero-order chi connectivity index (χ0) is 17.3. The van der Waals surface area contributed by atoms with Gasteiger partial charge in [0.15, 0.2) is 11.5 Å². The van der Waals surface area contributed by atoms with Crippen molar-refractivity contribution in [3.63, 3.8) is 0 Å². The summed E-state index contributed by atoms with van der Waals surface area (Å²) < 4.78 is 24.8. The standard InChI is InChI=1S/C20H18FNO3/c21-15-6-3-14(4-7-15)5-10-19(23)22-16-8-9-17-18(13-16)25-20(24-17)11-1-2-12-20/h3-10,13H,1-2,11-12H2,(H,22,23)/b10-5+. The summed E-state index contributed by atoms with van der Waals surface area (Å²) in [4.78, 5) is 12.1. The fourth-order valence-corrected chi connectivity index (χ4v) is 3.22. The molecule has 2 aliphatic rings. The largest absolute Gasteiger partial charge is 0.448 e. The molecule has 5 heteroatoms. The SMILES string of the molecule is O=C(/C=C/c1ccc(F)cc1)Nc1ccc2c(c1)OC1(CCCC1)O2. The first-order chi connectivity index (χ1) is 12.1. The molecular weight excluding hydrogens is 321 g/mol. The molecule has 0 atom stereocenters. The van der Waals surface area contributed by atoms with Gasteiger partial charge in [0.2, 0.25) is 5.91 Å². The molecule has 2 aromatic rings. The maximum atomic E-state index is 12.9. The van der Waals surface area contributed by atoms with Gasteiger partial charge in [0.1, 0.15) is 5.82 Å². The monoisotopic (exact) mass is 339 g/mol. The highest BCUT2D eigenvalue weighted by molar-refractivity contribution is 6.02. The molecule has 0 aromatic heterocycles. The molecule has 4 rings (SSSR count). The number of ether oxygens (including phenoxy) is 2. The second-order valence-corrected chi connectivity index (χ2v) is 6.36. The molecule has 1 spiro atoms. The molecule has 0 unspecified atom stereocenters. The molecule has 0 saturated heterocycles. The fraction of sp³-hybridized carbons (Fsp3) is 0.250. The molecule has 1 fully saturated rings. The molecule has 0 radical (unpaired) electrons. The lowest BCUT2D eigenvalue weighted by molar-refractivity contribution is -0.111. The van der Waals surface area contributed by atoms with E-state index in [0.717, 1.165) is 37.0 Å². The third kappa shape index (κ3) is 3.36. The Morgan fingerprint density at radius 1 is 1.04 bits per heavy atom. The van der Waals surface area contributed by atoms with E-state index in [0.29, 0.717) is 11.4 Å². The maximum Gasteiger partial charge on any atom is 0.251 e. The van der Waals surface area contributed by atoms with Crippen LogP contribution in [0.4, 0.5) is 10.1 Å². The quantitative estimate of drug-likeness (QED) is 0.837. The molecule has 2 aromatic carbocycles. The Labute approximate surface area is 145 Å². The third-order valence-corrected chi connectivity index (χ3v) is 4.47. The Balaban J connectivity index is 1.42. The van der Waals surface area contributed by atoms with Gasteiger partial charge < -0.3 is 14.8 Å². The lowest BCUT2D eigenvalue weighted by Crippen LogP contribution is -2.34. The van der Waals surface area contributed by atoms with E-state index in [4.69, 9.17) is 9.47 Å².